The summed E-state index contributed by atoms with van der Waals surface area (Å²) in [6.07, 6.45) is 2.08. The van der Waals surface area contributed by atoms with Crippen LogP contribution in [-0.4, -0.2) is 42.2 Å². The third-order valence-corrected chi connectivity index (χ3v) is 9.91. The Morgan fingerprint density at radius 2 is 1.72 bits per heavy atom. The van der Waals surface area contributed by atoms with Gasteiger partial charge in [-0.2, -0.15) is 0 Å². The molecule has 5 rings (SSSR count). The van der Waals surface area contributed by atoms with E-state index in [0.717, 1.165) is 4.90 Å². The number of thioether (sulfide) groups is 1. The second kappa shape index (κ2) is 17.2. The summed E-state index contributed by atoms with van der Waals surface area (Å²) in [7, 11) is 3.05. The predicted molar refractivity (Wildman–Crippen MR) is 203 cm³/mol. The molecule has 50 heavy (non-hydrogen) atoms. The number of thiazole rings is 1. The van der Waals surface area contributed by atoms with E-state index in [4.69, 9.17) is 32.7 Å². The molecule has 0 aliphatic rings. The summed E-state index contributed by atoms with van der Waals surface area (Å²) in [6.45, 7) is 1.92. The number of nitrogens with zero attached hydrogens (tertiary/aromatic N) is 1. The minimum Gasteiger partial charge on any atom is -0.497 e. The number of hydrogen-bond acceptors (Lipinski definition) is 8. The number of benzene rings is 4. The number of nitrogens with one attached hydrogen (secondary N) is 3. The van der Waals surface area contributed by atoms with Crippen molar-refractivity contribution in [2.24, 2.45) is 0 Å². The van der Waals surface area contributed by atoms with E-state index in [1.807, 2.05) is 18.4 Å². The van der Waals surface area contributed by atoms with Crippen LogP contribution in [0.5, 0.6) is 11.5 Å². The van der Waals surface area contributed by atoms with Crippen molar-refractivity contribution < 1.29 is 23.9 Å². The van der Waals surface area contributed by atoms with Crippen molar-refractivity contribution in [1.29, 1.82) is 0 Å². The lowest BCUT2D eigenvalue weighted by molar-refractivity contribution is -0.116. The zero-order valence-electron chi connectivity index (χ0n) is 27.2. The molecule has 0 bridgehead atoms. The molecular formula is C37H32Cl2N4O5S2. The van der Waals surface area contributed by atoms with Crippen molar-refractivity contribution in [2.75, 3.05) is 24.9 Å². The van der Waals surface area contributed by atoms with Gasteiger partial charge >= 0.3 is 0 Å². The van der Waals surface area contributed by atoms with Gasteiger partial charge in [0.2, 0.25) is 5.91 Å². The molecule has 4 aromatic carbocycles. The van der Waals surface area contributed by atoms with E-state index in [-0.39, 0.29) is 11.6 Å². The smallest absolute Gasteiger partial charge is 0.272 e. The Kier molecular flexibility index (Phi) is 12.6. The largest absolute Gasteiger partial charge is 0.497 e. The first-order valence-electron chi connectivity index (χ1n) is 15.3. The number of anilines is 2. The molecular weight excluding hydrogens is 715 g/mol. The van der Waals surface area contributed by atoms with Crippen LogP contribution >= 0.6 is 46.3 Å². The van der Waals surface area contributed by atoms with Gasteiger partial charge in [-0.3, -0.25) is 14.4 Å². The monoisotopic (exact) mass is 746 g/mol. The van der Waals surface area contributed by atoms with Gasteiger partial charge in [-0.25, -0.2) is 4.98 Å². The molecule has 13 heteroatoms. The molecule has 0 radical (unpaired) electrons. The van der Waals surface area contributed by atoms with Gasteiger partial charge in [-0.1, -0.05) is 54.4 Å². The van der Waals surface area contributed by atoms with Crippen molar-refractivity contribution in [3.63, 3.8) is 0 Å². The first-order chi connectivity index (χ1) is 24.2. The highest BCUT2D eigenvalue weighted by Crippen LogP contribution is 2.34. The number of ether oxygens (including phenoxy) is 2. The van der Waals surface area contributed by atoms with Crippen molar-refractivity contribution in [2.45, 2.75) is 23.5 Å². The van der Waals surface area contributed by atoms with E-state index < -0.39 is 17.1 Å². The SMILES string of the molecule is CCC(Sc1cccc(NC(=O)/C(=C\c2ccc(OC)cc2OC)NC(=O)c2ccccc2)c1)C(=O)Nc1nc(-c2ccc(Cl)cc2Cl)cs1. The molecule has 0 aliphatic carbocycles. The van der Waals surface area contributed by atoms with Gasteiger partial charge in [0.15, 0.2) is 5.13 Å². The fraction of sp³-hybridized carbons (Fsp3) is 0.135. The summed E-state index contributed by atoms with van der Waals surface area (Å²) in [5, 5.41) is 11.3. The van der Waals surface area contributed by atoms with Gasteiger partial charge in [-0.05, 0) is 73.2 Å². The zero-order valence-corrected chi connectivity index (χ0v) is 30.3. The lowest BCUT2D eigenvalue weighted by atomic mass is 10.1. The number of methoxy groups -OCH3 is 2. The van der Waals surface area contributed by atoms with E-state index in [9.17, 15) is 14.4 Å². The number of carbonyl (C=O) groups excluding carboxylic acids is 3. The zero-order chi connectivity index (χ0) is 35.6. The Balaban J connectivity index is 1.31. The van der Waals surface area contributed by atoms with Crippen LogP contribution in [0.1, 0.15) is 29.3 Å². The number of aromatic nitrogens is 1. The number of hydrogen-bond donors (Lipinski definition) is 3. The summed E-state index contributed by atoms with van der Waals surface area (Å²) in [5.74, 6) is -0.194. The maximum atomic E-state index is 13.7. The molecule has 3 amide bonds. The Hall–Kier alpha value is -4.81. The quantitative estimate of drug-likeness (QED) is 0.0813. The van der Waals surface area contributed by atoms with Gasteiger partial charge in [0, 0.05) is 43.7 Å². The number of amides is 3. The Labute approximate surface area is 308 Å². The average molecular weight is 748 g/mol. The molecule has 0 aliphatic heterocycles. The summed E-state index contributed by atoms with van der Waals surface area (Å²) in [6, 6.07) is 26.0. The number of carbonyl (C=O) groups is 3. The van der Waals surface area contributed by atoms with Crippen molar-refractivity contribution in [1.82, 2.24) is 10.3 Å². The molecule has 0 spiro atoms. The van der Waals surface area contributed by atoms with Gasteiger partial charge in [0.25, 0.3) is 11.8 Å². The van der Waals surface area contributed by atoms with Gasteiger partial charge in [0.05, 0.1) is 30.2 Å². The van der Waals surface area contributed by atoms with Gasteiger partial charge < -0.3 is 25.4 Å². The fourth-order valence-electron chi connectivity index (χ4n) is 4.71. The van der Waals surface area contributed by atoms with Crippen LogP contribution in [0.2, 0.25) is 10.0 Å². The van der Waals surface area contributed by atoms with Crippen LogP contribution in [0.25, 0.3) is 17.3 Å². The summed E-state index contributed by atoms with van der Waals surface area (Å²) >= 11 is 15.0. The lowest BCUT2D eigenvalue weighted by Crippen LogP contribution is -2.30. The molecule has 9 nitrogen and oxygen atoms in total. The van der Waals surface area contributed by atoms with Crippen LogP contribution in [0.15, 0.2) is 107 Å². The average Bonchev–Trinajstić information content (AvgIpc) is 3.58. The van der Waals surface area contributed by atoms with E-state index >= 15 is 0 Å². The van der Waals surface area contributed by atoms with Crippen molar-refractivity contribution >= 4 is 80.9 Å². The maximum absolute atomic E-state index is 13.7. The van der Waals surface area contributed by atoms with E-state index in [1.54, 1.807) is 92.0 Å². The minimum atomic E-state index is -0.556. The normalized spacial score (nSPS) is 11.7. The van der Waals surface area contributed by atoms with Crippen molar-refractivity contribution in [3.05, 3.63) is 123 Å². The van der Waals surface area contributed by atoms with Gasteiger partial charge in [-0.15, -0.1) is 23.1 Å². The van der Waals surface area contributed by atoms with Crippen LogP contribution in [0, 0.1) is 0 Å². The Bertz CT molecular complexity index is 2040. The molecule has 1 heterocycles. The summed E-state index contributed by atoms with van der Waals surface area (Å²) in [5.41, 5.74) is 2.76. The second-order valence-corrected chi connectivity index (χ2v) is 13.6. The molecule has 1 aromatic heterocycles. The van der Waals surface area contributed by atoms with E-state index in [2.05, 4.69) is 20.9 Å². The molecule has 1 atom stereocenters. The van der Waals surface area contributed by atoms with E-state index in [0.29, 0.717) is 61.2 Å². The fourth-order valence-corrected chi connectivity index (χ4v) is 6.94. The molecule has 5 aromatic rings. The number of rotatable bonds is 13. The number of halogens is 2. The van der Waals surface area contributed by atoms with Crippen LogP contribution in [-0.2, 0) is 9.59 Å². The Morgan fingerprint density at radius 3 is 2.44 bits per heavy atom. The van der Waals surface area contributed by atoms with Crippen molar-refractivity contribution in [3.8, 4) is 22.8 Å². The minimum absolute atomic E-state index is 0.00565. The topological polar surface area (TPSA) is 119 Å². The first-order valence-corrected chi connectivity index (χ1v) is 17.8. The summed E-state index contributed by atoms with van der Waals surface area (Å²) < 4.78 is 10.8. The lowest BCUT2D eigenvalue weighted by Gasteiger charge is -2.15. The molecule has 256 valence electrons. The van der Waals surface area contributed by atoms with Crippen LogP contribution in [0.3, 0.4) is 0 Å². The highest BCUT2D eigenvalue weighted by atomic mass is 35.5. The summed E-state index contributed by atoms with van der Waals surface area (Å²) in [4.78, 5) is 45.4. The molecule has 0 saturated heterocycles. The molecule has 0 saturated carbocycles. The van der Waals surface area contributed by atoms with Gasteiger partial charge in [0.1, 0.15) is 17.2 Å². The highest BCUT2D eigenvalue weighted by Gasteiger charge is 2.21. The molecule has 0 fully saturated rings. The molecule has 1 unspecified atom stereocenters. The van der Waals surface area contributed by atoms with Crippen LogP contribution in [0.4, 0.5) is 10.8 Å². The van der Waals surface area contributed by atoms with Crippen LogP contribution < -0.4 is 25.4 Å². The first kappa shape index (κ1) is 36.5. The molecule has 3 N–H and O–H groups in total. The van der Waals surface area contributed by atoms with E-state index in [1.165, 1.54) is 36.3 Å². The highest BCUT2D eigenvalue weighted by molar-refractivity contribution is 8.00. The standard InChI is InChI=1S/C37H32Cl2N4O5S2/c1-4-33(36(46)43-37-42-31(21-49-37)28-16-14-24(38)18-29(28)39)50-27-12-8-11-25(19-27)40-35(45)30(41-34(44)22-9-6-5-7-10-22)17-23-13-15-26(47-2)20-32(23)48-3/h5-21,33H,4H2,1-3H3,(H,40,45)(H,41,44)(H,42,43,46)/b30-17+. The predicted octanol–water partition coefficient (Wildman–Crippen LogP) is 9.05. The maximum Gasteiger partial charge on any atom is 0.272 e. The Morgan fingerprint density at radius 1 is 0.920 bits per heavy atom. The third kappa shape index (κ3) is 9.45. The second-order valence-electron chi connectivity index (χ2n) is 10.6. The third-order valence-electron chi connectivity index (χ3n) is 7.24.